The molecule has 0 saturated heterocycles. The van der Waals surface area contributed by atoms with Crippen LogP contribution in [0.2, 0.25) is 0 Å². The van der Waals surface area contributed by atoms with Gasteiger partial charge in [0.15, 0.2) is 11.6 Å². The minimum absolute atomic E-state index is 0.0239. The van der Waals surface area contributed by atoms with E-state index in [4.69, 9.17) is 5.14 Å². The van der Waals surface area contributed by atoms with Gasteiger partial charge in [0.05, 0.1) is 16.8 Å². The summed E-state index contributed by atoms with van der Waals surface area (Å²) in [5.41, 5.74) is 2.11. The Balaban J connectivity index is 1.64. The lowest BCUT2D eigenvalue weighted by Crippen LogP contribution is -2.12. The normalized spacial score (nSPS) is 11.6. The molecule has 0 aliphatic heterocycles. The Morgan fingerprint density at radius 1 is 1.03 bits per heavy atom. The number of Topliss-reactive ketones (excluding diaryl/α,β-unsaturated/α-hetero) is 2. The summed E-state index contributed by atoms with van der Waals surface area (Å²) in [6.07, 6.45) is 4.50. The minimum atomic E-state index is -3.75. The molecule has 0 aliphatic carbocycles. The van der Waals surface area contributed by atoms with Crippen LogP contribution < -0.4 is 5.14 Å². The van der Waals surface area contributed by atoms with Crippen LogP contribution in [-0.2, 0) is 16.4 Å². The first kappa shape index (κ1) is 22.5. The molecule has 8 nitrogen and oxygen atoms in total. The average molecular weight is 441 g/mol. The molecule has 3 rings (SSSR count). The van der Waals surface area contributed by atoms with Crippen molar-refractivity contribution in [2.45, 2.75) is 38.0 Å². The van der Waals surface area contributed by atoms with Crippen molar-refractivity contribution in [3.8, 4) is 5.69 Å². The topological polar surface area (TPSA) is 125 Å². The Morgan fingerprint density at radius 2 is 1.68 bits per heavy atom. The summed E-state index contributed by atoms with van der Waals surface area (Å²) in [5, 5.41) is 9.36. The predicted octanol–water partition coefficient (Wildman–Crippen LogP) is 2.96. The van der Waals surface area contributed by atoms with E-state index in [2.05, 4.69) is 10.1 Å². The second-order valence-electron chi connectivity index (χ2n) is 7.68. The van der Waals surface area contributed by atoms with Gasteiger partial charge in [-0.15, -0.1) is 0 Å². The number of hydrogen-bond acceptors (Lipinski definition) is 6. The van der Waals surface area contributed by atoms with Crippen LogP contribution in [0.5, 0.6) is 0 Å². The van der Waals surface area contributed by atoms with Gasteiger partial charge in [0.2, 0.25) is 10.0 Å². The fourth-order valence-electron chi connectivity index (χ4n) is 3.03. The zero-order chi connectivity index (χ0) is 22.6. The average Bonchev–Trinajstić information content (AvgIpc) is 3.20. The van der Waals surface area contributed by atoms with E-state index in [9.17, 15) is 18.0 Å². The third kappa shape index (κ3) is 5.93. The number of benzene rings is 1. The van der Waals surface area contributed by atoms with Gasteiger partial charge in [0.1, 0.15) is 11.4 Å². The van der Waals surface area contributed by atoms with E-state index in [0.717, 1.165) is 5.56 Å². The van der Waals surface area contributed by atoms with Crippen LogP contribution in [0.3, 0.4) is 0 Å². The summed E-state index contributed by atoms with van der Waals surface area (Å²) in [6, 6.07) is 11.0. The number of primary sulfonamides is 1. The van der Waals surface area contributed by atoms with Crippen molar-refractivity contribution < 1.29 is 18.0 Å². The first-order chi connectivity index (χ1) is 14.6. The van der Waals surface area contributed by atoms with E-state index in [0.29, 0.717) is 24.2 Å². The highest BCUT2D eigenvalue weighted by Crippen LogP contribution is 2.15. The van der Waals surface area contributed by atoms with Crippen molar-refractivity contribution in [1.29, 1.82) is 0 Å². The van der Waals surface area contributed by atoms with Crippen molar-refractivity contribution >= 4 is 21.6 Å². The van der Waals surface area contributed by atoms with Gasteiger partial charge in [0.25, 0.3) is 0 Å². The lowest BCUT2D eigenvalue weighted by Gasteiger charge is -2.05. The van der Waals surface area contributed by atoms with Crippen molar-refractivity contribution in [2.75, 3.05) is 0 Å². The van der Waals surface area contributed by atoms with E-state index in [1.165, 1.54) is 12.1 Å². The van der Waals surface area contributed by atoms with Gasteiger partial charge in [-0.3, -0.25) is 9.59 Å². The van der Waals surface area contributed by atoms with Crippen LogP contribution in [0.25, 0.3) is 5.69 Å². The summed E-state index contributed by atoms with van der Waals surface area (Å²) >= 11 is 0. The van der Waals surface area contributed by atoms with Crippen molar-refractivity contribution in [2.24, 2.45) is 11.1 Å². The Hall–Kier alpha value is -3.17. The van der Waals surface area contributed by atoms with E-state index < -0.39 is 10.0 Å². The van der Waals surface area contributed by atoms with E-state index >= 15 is 0 Å². The van der Waals surface area contributed by atoms with Gasteiger partial charge in [-0.2, -0.15) is 5.10 Å². The number of ketones is 2. The second kappa shape index (κ2) is 9.32. The minimum Gasteiger partial charge on any atom is -0.292 e. The van der Waals surface area contributed by atoms with Gasteiger partial charge in [-0.1, -0.05) is 19.9 Å². The van der Waals surface area contributed by atoms with E-state index in [1.807, 2.05) is 13.8 Å². The smallest absolute Gasteiger partial charge is 0.238 e. The molecule has 0 aliphatic rings. The van der Waals surface area contributed by atoms with Gasteiger partial charge < -0.3 is 0 Å². The molecule has 31 heavy (non-hydrogen) atoms. The lowest BCUT2D eigenvalue weighted by atomic mass is 10.0. The third-order valence-electron chi connectivity index (χ3n) is 4.62. The van der Waals surface area contributed by atoms with Crippen LogP contribution in [0.4, 0.5) is 0 Å². The number of hydrogen-bond donors (Lipinski definition) is 1. The highest BCUT2D eigenvalue weighted by molar-refractivity contribution is 7.89. The van der Waals surface area contributed by atoms with Crippen molar-refractivity contribution in [1.82, 2.24) is 14.8 Å². The SMILES string of the molecule is CC(C)CC(=O)c1cccc(C(=O)CCc2cnn(-c3ccc(S(N)(=O)=O)cc3)c2)n1. The summed E-state index contributed by atoms with van der Waals surface area (Å²) in [5.74, 6) is 0.00457. The van der Waals surface area contributed by atoms with E-state index in [-0.39, 0.29) is 34.5 Å². The Bertz CT molecular complexity index is 1200. The predicted molar refractivity (Wildman–Crippen MR) is 116 cm³/mol. The molecule has 0 spiro atoms. The molecule has 0 radical (unpaired) electrons. The molecule has 0 bridgehead atoms. The maximum Gasteiger partial charge on any atom is 0.238 e. The number of rotatable bonds is 9. The molecule has 162 valence electrons. The molecule has 2 aromatic heterocycles. The Kier molecular flexibility index (Phi) is 6.77. The number of nitrogens with zero attached hydrogens (tertiary/aromatic N) is 3. The molecule has 3 aromatic rings. The molecule has 0 fully saturated rings. The van der Waals surface area contributed by atoms with Crippen LogP contribution in [-0.4, -0.2) is 34.7 Å². The van der Waals surface area contributed by atoms with Gasteiger partial charge in [-0.25, -0.2) is 23.2 Å². The highest BCUT2D eigenvalue weighted by atomic mass is 32.2. The molecule has 2 heterocycles. The summed E-state index contributed by atoms with van der Waals surface area (Å²) in [6.45, 7) is 3.92. The fraction of sp³-hybridized carbons (Fsp3) is 0.273. The number of aromatic nitrogens is 3. The molecule has 1 aromatic carbocycles. The van der Waals surface area contributed by atoms with Crippen LogP contribution in [0.1, 0.15) is 53.2 Å². The number of carbonyl (C=O) groups excluding carboxylic acids is 2. The molecular weight excluding hydrogens is 416 g/mol. The van der Waals surface area contributed by atoms with Gasteiger partial charge in [0, 0.05) is 19.0 Å². The maximum atomic E-state index is 12.6. The summed E-state index contributed by atoms with van der Waals surface area (Å²) in [7, 11) is -3.75. The number of pyridine rings is 1. The fourth-order valence-corrected chi connectivity index (χ4v) is 3.54. The summed E-state index contributed by atoms with van der Waals surface area (Å²) in [4.78, 5) is 29.0. The molecule has 0 saturated carbocycles. The quantitative estimate of drug-likeness (QED) is 0.510. The Morgan fingerprint density at radius 3 is 2.29 bits per heavy atom. The first-order valence-corrected chi connectivity index (χ1v) is 11.4. The second-order valence-corrected chi connectivity index (χ2v) is 9.25. The van der Waals surface area contributed by atoms with Gasteiger partial charge in [-0.05, 0) is 54.3 Å². The van der Waals surface area contributed by atoms with Crippen LogP contribution in [0, 0.1) is 5.92 Å². The van der Waals surface area contributed by atoms with Crippen LogP contribution in [0.15, 0.2) is 59.8 Å². The number of sulfonamides is 1. The molecular formula is C22H24N4O4S. The zero-order valence-corrected chi connectivity index (χ0v) is 18.2. The van der Waals surface area contributed by atoms with Gasteiger partial charge >= 0.3 is 0 Å². The molecule has 0 unspecified atom stereocenters. The summed E-state index contributed by atoms with van der Waals surface area (Å²) < 4.78 is 24.3. The van der Waals surface area contributed by atoms with Crippen molar-refractivity contribution in [3.05, 3.63) is 71.8 Å². The molecule has 0 amide bonds. The number of nitrogens with two attached hydrogens (primary N) is 1. The maximum absolute atomic E-state index is 12.6. The lowest BCUT2D eigenvalue weighted by molar-refractivity contribution is 0.0962. The number of carbonyl (C=O) groups is 2. The third-order valence-corrected chi connectivity index (χ3v) is 5.55. The number of aryl methyl sites for hydroxylation is 1. The molecule has 2 N–H and O–H groups in total. The Labute approximate surface area is 181 Å². The first-order valence-electron chi connectivity index (χ1n) is 9.83. The van der Waals surface area contributed by atoms with Crippen molar-refractivity contribution in [3.63, 3.8) is 0 Å². The zero-order valence-electron chi connectivity index (χ0n) is 17.4. The largest absolute Gasteiger partial charge is 0.292 e. The molecule has 0 atom stereocenters. The van der Waals surface area contributed by atoms with E-state index in [1.54, 1.807) is 47.4 Å². The monoisotopic (exact) mass is 440 g/mol. The highest BCUT2D eigenvalue weighted by Gasteiger charge is 2.14. The molecule has 9 heteroatoms. The standard InChI is InChI=1S/C22H24N4O4S/c1-15(2)12-22(28)20-5-3-4-19(25-20)21(27)11-6-16-13-24-26(14-16)17-7-9-18(10-8-17)31(23,29)30/h3-5,7-10,13-15H,6,11-12H2,1-2H3,(H2,23,29,30). The van der Waals surface area contributed by atoms with Crippen LogP contribution >= 0.6 is 0 Å².